The lowest BCUT2D eigenvalue weighted by Crippen LogP contribution is -2.00. The SMILES string of the molecule is C[C](CO)c1cccc(Cl)c1Cl. The molecular formula is C9H9Cl2O. The van der Waals surface area contributed by atoms with Crippen molar-refractivity contribution in [1.82, 2.24) is 0 Å². The molecule has 0 saturated carbocycles. The number of benzene rings is 1. The fourth-order valence-corrected chi connectivity index (χ4v) is 1.38. The molecule has 12 heavy (non-hydrogen) atoms. The van der Waals surface area contributed by atoms with Crippen LogP contribution in [0, 0.1) is 5.92 Å². The van der Waals surface area contributed by atoms with Gasteiger partial charge in [-0.05, 0) is 11.6 Å². The molecule has 0 spiro atoms. The molecular weight excluding hydrogens is 195 g/mol. The summed E-state index contributed by atoms with van der Waals surface area (Å²) in [6.07, 6.45) is 0. The first-order chi connectivity index (χ1) is 5.66. The van der Waals surface area contributed by atoms with Crippen molar-refractivity contribution in [2.45, 2.75) is 6.92 Å². The van der Waals surface area contributed by atoms with Crippen LogP contribution in [0.1, 0.15) is 12.5 Å². The van der Waals surface area contributed by atoms with Gasteiger partial charge in [-0.15, -0.1) is 0 Å². The van der Waals surface area contributed by atoms with E-state index in [1.54, 1.807) is 6.07 Å². The maximum absolute atomic E-state index is 8.86. The van der Waals surface area contributed by atoms with E-state index in [-0.39, 0.29) is 6.61 Å². The minimum absolute atomic E-state index is 0.0000617. The Bertz CT molecular complexity index is 273. The van der Waals surface area contributed by atoms with Gasteiger partial charge < -0.3 is 5.11 Å². The summed E-state index contributed by atoms with van der Waals surface area (Å²) in [7, 11) is 0. The fourth-order valence-electron chi connectivity index (χ4n) is 0.919. The van der Waals surface area contributed by atoms with E-state index in [1.807, 2.05) is 19.1 Å². The predicted octanol–water partition coefficient (Wildman–Crippen LogP) is 2.93. The van der Waals surface area contributed by atoms with Gasteiger partial charge in [-0.25, -0.2) is 0 Å². The van der Waals surface area contributed by atoms with E-state index in [0.29, 0.717) is 10.0 Å². The number of hydrogen-bond donors (Lipinski definition) is 1. The molecule has 0 atom stereocenters. The zero-order valence-electron chi connectivity index (χ0n) is 6.64. The minimum Gasteiger partial charge on any atom is -0.395 e. The molecule has 0 aliphatic carbocycles. The normalized spacial score (nSPS) is 10.8. The van der Waals surface area contributed by atoms with Crippen LogP contribution in [0.25, 0.3) is 0 Å². The second-order valence-electron chi connectivity index (χ2n) is 2.54. The van der Waals surface area contributed by atoms with E-state index >= 15 is 0 Å². The van der Waals surface area contributed by atoms with Crippen molar-refractivity contribution >= 4 is 23.2 Å². The molecule has 0 aliphatic heterocycles. The largest absolute Gasteiger partial charge is 0.395 e. The first-order valence-electron chi connectivity index (χ1n) is 3.54. The Hall–Kier alpha value is -0.240. The first-order valence-corrected chi connectivity index (χ1v) is 4.30. The molecule has 1 N–H and O–H groups in total. The summed E-state index contributed by atoms with van der Waals surface area (Å²) < 4.78 is 0. The Labute approximate surface area is 81.9 Å². The van der Waals surface area contributed by atoms with Crippen LogP contribution in [0.15, 0.2) is 18.2 Å². The summed E-state index contributed by atoms with van der Waals surface area (Å²) in [5.41, 5.74) is 0.812. The van der Waals surface area contributed by atoms with Gasteiger partial charge in [-0.3, -0.25) is 0 Å². The van der Waals surface area contributed by atoms with Gasteiger partial charge in [0.2, 0.25) is 0 Å². The van der Waals surface area contributed by atoms with Gasteiger partial charge in [0.15, 0.2) is 0 Å². The Kier molecular flexibility index (Phi) is 3.39. The van der Waals surface area contributed by atoms with Crippen LogP contribution in [0.2, 0.25) is 10.0 Å². The van der Waals surface area contributed by atoms with Gasteiger partial charge in [-0.2, -0.15) is 0 Å². The van der Waals surface area contributed by atoms with Crippen molar-refractivity contribution in [3.8, 4) is 0 Å². The highest BCUT2D eigenvalue weighted by molar-refractivity contribution is 6.42. The smallest absolute Gasteiger partial charge is 0.0631 e. The Morgan fingerprint density at radius 3 is 2.67 bits per heavy atom. The van der Waals surface area contributed by atoms with Crippen LogP contribution in [0.3, 0.4) is 0 Å². The highest BCUT2D eigenvalue weighted by atomic mass is 35.5. The van der Waals surface area contributed by atoms with Gasteiger partial charge >= 0.3 is 0 Å². The van der Waals surface area contributed by atoms with Crippen LogP contribution in [-0.2, 0) is 0 Å². The van der Waals surface area contributed by atoms with Crippen LogP contribution >= 0.6 is 23.2 Å². The number of aliphatic hydroxyl groups excluding tert-OH is 1. The summed E-state index contributed by atoms with van der Waals surface area (Å²) in [5.74, 6) is 0.822. The molecule has 65 valence electrons. The standard InChI is InChI=1S/C9H9Cl2O/c1-6(5-12)7-3-2-4-8(10)9(7)11/h2-4,12H,5H2,1H3. The number of halogens is 2. The monoisotopic (exact) mass is 203 g/mol. The average Bonchev–Trinajstić information content (AvgIpc) is 2.08. The molecule has 0 saturated heterocycles. The van der Waals surface area contributed by atoms with Crippen molar-refractivity contribution in [3.63, 3.8) is 0 Å². The Morgan fingerprint density at radius 1 is 1.42 bits per heavy atom. The molecule has 0 unspecified atom stereocenters. The number of rotatable bonds is 2. The van der Waals surface area contributed by atoms with Crippen molar-refractivity contribution in [2.24, 2.45) is 0 Å². The van der Waals surface area contributed by atoms with Crippen LogP contribution < -0.4 is 0 Å². The second-order valence-corrected chi connectivity index (χ2v) is 3.32. The number of aliphatic hydroxyl groups is 1. The fraction of sp³-hybridized carbons (Fsp3) is 0.222. The van der Waals surface area contributed by atoms with Gasteiger partial charge in [0, 0.05) is 5.92 Å². The van der Waals surface area contributed by atoms with Gasteiger partial charge in [0.1, 0.15) is 0 Å². The van der Waals surface area contributed by atoms with Crippen LogP contribution in [0.5, 0.6) is 0 Å². The van der Waals surface area contributed by atoms with Crippen molar-refractivity contribution in [1.29, 1.82) is 0 Å². The van der Waals surface area contributed by atoms with E-state index < -0.39 is 0 Å². The van der Waals surface area contributed by atoms with Gasteiger partial charge in [0.05, 0.1) is 16.7 Å². The van der Waals surface area contributed by atoms with Crippen LogP contribution in [0.4, 0.5) is 0 Å². The molecule has 0 heterocycles. The molecule has 1 radical (unpaired) electrons. The Morgan fingerprint density at radius 2 is 2.08 bits per heavy atom. The van der Waals surface area contributed by atoms with E-state index in [9.17, 15) is 0 Å². The van der Waals surface area contributed by atoms with Gasteiger partial charge in [-0.1, -0.05) is 42.3 Å². The lowest BCUT2D eigenvalue weighted by molar-refractivity contribution is 0.315. The summed E-state index contributed by atoms with van der Waals surface area (Å²) in [4.78, 5) is 0. The average molecular weight is 204 g/mol. The number of hydrogen-bond acceptors (Lipinski definition) is 1. The second kappa shape index (κ2) is 4.13. The molecule has 3 heteroatoms. The minimum atomic E-state index is 0.0000617. The van der Waals surface area contributed by atoms with Crippen molar-refractivity contribution in [3.05, 3.63) is 39.7 Å². The third kappa shape index (κ3) is 1.92. The summed E-state index contributed by atoms with van der Waals surface area (Å²) >= 11 is 11.7. The lowest BCUT2D eigenvalue weighted by Gasteiger charge is -2.09. The summed E-state index contributed by atoms with van der Waals surface area (Å²) in [6.45, 7) is 1.82. The van der Waals surface area contributed by atoms with E-state index in [4.69, 9.17) is 28.3 Å². The highest BCUT2D eigenvalue weighted by Crippen LogP contribution is 2.29. The third-order valence-electron chi connectivity index (χ3n) is 1.65. The van der Waals surface area contributed by atoms with E-state index in [0.717, 1.165) is 11.5 Å². The topological polar surface area (TPSA) is 20.2 Å². The van der Waals surface area contributed by atoms with E-state index in [1.165, 1.54) is 0 Å². The quantitative estimate of drug-likeness (QED) is 0.785. The van der Waals surface area contributed by atoms with E-state index in [2.05, 4.69) is 0 Å². The summed E-state index contributed by atoms with van der Waals surface area (Å²) in [6, 6.07) is 5.36. The highest BCUT2D eigenvalue weighted by Gasteiger charge is 2.10. The molecule has 1 rings (SSSR count). The first kappa shape index (κ1) is 9.85. The van der Waals surface area contributed by atoms with Gasteiger partial charge in [0.25, 0.3) is 0 Å². The maximum Gasteiger partial charge on any atom is 0.0631 e. The molecule has 0 aliphatic rings. The molecule has 1 aromatic rings. The van der Waals surface area contributed by atoms with Crippen molar-refractivity contribution < 1.29 is 5.11 Å². The molecule has 0 bridgehead atoms. The molecule has 1 aromatic carbocycles. The lowest BCUT2D eigenvalue weighted by atomic mass is 10.0. The summed E-state index contributed by atoms with van der Waals surface area (Å²) in [5, 5.41) is 9.89. The molecule has 1 nitrogen and oxygen atoms in total. The van der Waals surface area contributed by atoms with Crippen LogP contribution in [-0.4, -0.2) is 11.7 Å². The maximum atomic E-state index is 8.86. The molecule has 0 amide bonds. The predicted molar refractivity (Wildman–Crippen MR) is 51.6 cm³/mol. The zero-order chi connectivity index (χ0) is 9.14. The Balaban J connectivity index is 3.07. The zero-order valence-corrected chi connectivity index (χ0v) is 8.15. The molecule has 0 fully saturated rings. The third-order valence-corrected chi connectivity index (χ3v) is 2.47. The van der Waals surface area contributed by atoms with Crippen molar-refractivity contribution in [2.75, 3.05) is 6.61 Å². The molecule has 0 aromatic heterocycles.